The summed E-state index contributed by atoms with van der Waals surface area (Å²) >= 11 is 0. The van der Waals surface area contributed by atoms with E-state index in [2.05, 4.69) is 0 Å². The SMILES string of the molecule is CCCCC(=O)O[C@@H](N)CC(N)=O. The first-order valence-electron chi connectivity index (χ1n) is 4.29. The highest BCUT2D eigenvalue weighted by atomic mass is 16.6. The van der Waals surface area contributed by atoms with Gasteiger partial charge in [0.05, 0.1) is 6.42 Å². The monoisotopic (exact) mass is 188 g/mol. The average Bonchev–Trinajstić information content (AvgIpc) is 1.98. The second-order valence-electron chi connectivity index (χ2n) is 2.80. The Labute approximate surface area is 77.4 Å². The van der Waals surface area contributed by atoms with Crippen LogP contribution in [-0.2, 0) is 14.3 Å². The topological polar surface area (TPSA) is 95.4 Å². The molecule has 1 amide bonds. The van der Waals surface area contributed by atoms with Gasteiger partial charge in [0.15, 0.2) is 6.23 Å². The number of ether oxygens (including phenoxy) is 1. The van der Waals surface area contributed by atoms with E-state index in [9.17, 15) is 9.59 Å². The molecule has 0 aromatic rings. The third-order valence-electron chi connectivity index (χ3n) is 1.42. The molecule has 0 aliphatic carbocycles. The van der Waals surface area contributed by atoms with Gasteiger partial charge in [-0.25, -0.2) is 0 Å². The van der Waals surface area contributed by atoms with Crippen LogP contribution in [0.1, 0.15) is 32.6 Å². The molecular formula is C8H16N2O3. The van der Waals surface area contributed by atoms with E-state index in [1.165, 1.54) is 0 Å². The highest BCUT2D eigenvalue weighted by Gasteiger charge is 2.11. The Hall–Kier alpha value is -1.10. The second kappa shape index (κ2) is 6.42. The maximum atomic E-state index is 10.9. The number of rotatable bonds is 6. The van der Waals surface area contributed by atoms with Crippen molar-refractivity contribution in [3.63, 3.8) is 0 Å². The molecule has 5 nitrogen and oxygen atoms in total. The smallest absolute Gasteiger partial charge is 0.307 e. The minimum Gasteiger partial charge on any atom is -0.446 e. The zero-order valence-corrected chi connectivity index (χ0v) is 7.79. The van der Waals surface area contributed by atoms with Gasteiger partial charge < -0.3 is 10.5 Å². The molecule has 0 saturated carbocycles. The lowest BCUT2D eigenvalue weighted by Gasteiger charge is -2.10. The molecule has 0 spiro atoms. The molecule has 0 fully saturated rings. The summed E-state index contributed by atoms with van der Waals surface area (Å²) in [4.78, 5) is 21.3. The van der Waals surface area contributed by atoms with Crippen molar-refractivity contribution in [2.24, 2.45) is 11.5 Å². The summed E-state index contributed by atoms with van der Waals surface area (Å²) in [6.45, 7) is 1.97. The molecule has 76 valence electrons. The van der Waals surface area contributed by atoms with E-state index in [-0.39, 0.29) is 12.4 Å². The number of nitrogens with two attached hydrogens (primary N) is 2. The number of amides is 1. The number of hydrogen-bond donors (Lipinski definition) is 2. The molecule has 0 bridgehead atoms. The zero-order valence-electron chi connectivity index (χ0n) is 7.79. The van der Waals surface area contributed by atoms with E-state index in [0.29, 0.717) is 6.42 Å². The van der Waals surface area contributed by atoms with Crippen molar-refractivity contribution >= 4 is 11.9 Å². The molecule has 0 aliphatic rings. The van der Waals surface area contributed by atoms with Crippen molar-refractivity contribution in [2.45, 2.75) is 38.8 Å². The fourth-order valence-electron chi connectivity index (χ4n) is 0.789. The summed E-state index contributed by atoms with van der Waals surface area (Å²) in [5.74, 6) is -0.952. The van der Waals surface area contributed by atoms with Gasteiger partial charge in [-0.2, -0.15) is 0 Å². The van der Waals surface area contributed by atoms with Crippen molar-refractivity contribution in [2.75, 3.05) is 0 Å². The van der Waals surface area contributed by atoms with E-state index in [4.69, 9.17) is 16.2 Å². The van der Waals surface area contributed by atoms with Crippen LogP contribution in [0.4, 0.5) is 0 Å². The van der Waals surface area contributed by atoms with Crippen molar-refractivity contribution < 1.29 is 14.3 Å². The molecule has 5 heteroatoms. The molecule has 0 unspecified atom stereocenters. The molecule has 0 saturated heterocycles. The largest absolute Gasteiger partial charge is 0.446 e. The summed E-state index contributed by atoms with van der Waals surface area (Å²) in [7, 11) is 0. The summed E-state index contributed by atoms with van der Waals surface area (Å²) in [6, 6.07) is 0. The highest BCUT2D eigenvalue weighted by Crippen LogP contribution is 1.99. The predicted octanol–water partition coefficient (Wildman–Crippen LogP) is -0.120. The van der Waals surface area contributed by atoms with Gasteiger partial charge in [0.2, 0.25) is 5.91 Å². The lowest BCUT2D eigenvalue weighted by atomic mass is 10.2. The van der Waals surface area contributed by atoms with E-state index in [1.54, 1.807) is 0 Å². The van der Waals surface area contributed by atoms with Crippen LogP contribution in [-0.4, -0.2) is 18.1 Å². The second-order valence-corrected chi connectivity index (χ2v) is 2.80. The number of primary amides is 1. The number of unbranched alkanes of at least 4 members (excludes halogenated alkanes) is 1. The van der Waals surface area contributed by atoms with Gasteiger partial charge in [0.1, 0.15) is 0 Å². The first-order chi connectivity index (χ1) is 6.06. The van der Waals surface area contributed by atoms with Gasteiger partial charge in [0, 0.05) is 6.42 Å². The maximum Gasteiger partial charge on any atom is 0.307 e. The van der Waals surface area contributed by atoms with Crippen LogP contribution in [0.3, 0.4) is 0 Å². The molecule has 0 rings (SSSR count). The summed E-state index contributed by atoms with van der Waals surface area (Å²) in [6.07, 6.45) is 0.991. The average molecular weight is 188 g/mol. The first-order valence-corrected chi connectivity index (χ1v) is 4.29. The first kappa shape index (κ1) is 11.9. The Bertz CT molecular complexity index is 182. The fourth-order valence-corrected chi connectivity index (χ4v) is 0.789. The number of esters is 1. The van der Waals surface area contributed by atoms with Gasteiger partial charge in [-0.1, -0.05) is 13.3 Å². The minimum absolute atomic E-state index is 0.127. The molecule has 13 heavy (non-hydrogen) atoms. The van der Waals surface area contributed by atoms with Crippen molar-refractivity contribution in [1.82, 2.24) is 0 Å². The van der Waals surface area contributed by atoms with Crippen LogP contribution in [0.25, 0.3) is 0 Å². The van der Waals surface area contributed by atoms with Gasteiger partial charge in [-0.15, -0.1) is 0 Å². The maximum absolute atomic E-state index is 10.9. The number of carbonyl (C=O) groups is 2. The van der Waals surface area contributed by atoms with Crippen LogP contribution in [0.5, 0.6) is 0 Å². The lowest BCUT2D eigenvalue weighted by molar-refractivity contribution is -0.149. The van der Waals surface area contributed by atoms with E-state index < -0.39 is 12.1 Å². The van der Waals surface area contributed by atoms with E-state index in [1.807, 2.05) is 6.92 Å². The zero-order chi connectivity index (χ0) is 10.3. The predicted molar refractivity (Wildman–Crippen MR) is 47.4 cm³/mol. The summed E-state index contributed by atoms with van der Waals surface area (Å²) in [5, 5.41) is 0. The molecule has 1 atom stereocenters. The fraction of sp³-hybridized carbons (Fsp3) is 0.750. The van der Waals surface area contributed by atoms with Crippen molar-refractivity contribution in [3.05, 3.63) is 0 Å². The molecular weight excluding hydrogens is 172 g/mol. The Morgan fingerprint density at radius 3 is 2.54 bits per heavy atom. The molecule has 4 N–H and O–H groups in total. The number of carbonyl (C=O) groups excluding carboxylic acids is 2. The number of hydrogen-bond acceptors (Lipinski definition) is 4. The molecule has 0 aromatic carbocycles. The molecule has 0 aromatic heterocycles. The van der Waals surface area contributed by atoms with Gasteiger partial charge >= 0.3 is 5.97 Å². The quantitative estimate of drug-likeness (QED) is 0.448. The van der Waals surface area contributed by atoms with Gasteiger partial charge in [-0.3, -0.25) is 15.3 Å². The third-order valence-corrected chi connectivity index (χ3v) is 1.42. The van der Waals surface area contributed by atoms with Crippen LogP contribution >= 0.6 is 0 Å². The van der Waals surface area contributed by atoms with Crippen molar-refractivity contribution in [1.29, 1.82) is 0 Å². The van der Waals surface area contributed by atoms with Crippen LogP contribution < -0.4 is 11.5 Å². The highest BCUT2D eigenvalue weighted by molar-refractivity contribution is 5.75. The summed E-state index contributed by atoms with van der Waals surface area (Å²) in [5.41, 5.74) is 10.2. The minimum atomic E-state index is -0.901. The van der Waals surface area contributed by atoms with Crippen LogP contribution in [0.15, 0.2) is 0 Å². The Morgan fingerprint density at radius 1 is 1.46 bits per heavy atom. The lowest BCUT2D eigenvalue weighted by Crippen LogP contribution is -2.32. The van der Waals surface area contributed by atoms with Crippen LogP contribution in [0.2, 0.25) is 0 Å². The normalized spacial score (nSPS) is 12.2. The Kier molecular flexibility index (Phi) is 5.88. The molecule has 0 radical (unpaired) electrons. The van der Waals surface area contributed by atoms with E-state index >= 15 is 0 Å². The Balaban J connectivity index is 3.59. The van der Waals surface area contributed by atoms with Crippen molar-refractivity contribution in [3.8, 4) is 0 Å². The molecule has 0 aliphatic heterocycles. The van der Waals surface area contributed by atoms with Gasteiger partial charge in [0.25, 0.3) is 0 Å². The van der Waals surface area contributed by atoms with E-state index in [0.717, 1.165) is 12.8 Å². The third kappa shape index (κ3) is 7.27. The standard InChI is InChI=1S/C8H16N2O3/c1-2-3-4-8(12)13-7(10)5-6(9)11/h7H,2-5,10H2,1H3,(H2,9,11)/t7-/m1/s1. The van der Waals surface area contributed by atoms with Gasteiger partial charge in [-0.05, 0) is 6.42 Å². The van der Waals surface area contributed by atoms with Crippen LogP contribution in [0, 0.1) is 0 Å². The molecule has 0 heterocycles. The summed E-state index contributed by atoms with van der Waals surface area (Å²) < 4.78 is 4.70. The Morgan fingerprint density at radius 2 is 2.08 bits per heavy atom.